The Morgan fingerprint density at radius 1 is 1.09 bits per heavy atom. The number of rotatable bonds is 6. The number of hydrogen-bond donors (Lipinski definition) is 2. The van der Waals surface area contributed by atoms with E-state index >= 15 is 0 Å². The topological polar surface area (TPSA) is 72.2 Å². The molecule has 0 unspecified atom stereocenters. The summed E-state index contributed by atoms with van der Waals surface area (Å²) in [5.74, 6) is -3.29. The number of benzene rings is 2. The predicted octanol–water partition coefficient (Wildman–Crippen LogP) is 2.18. The first-order chi connectivity index (χ1) is 11.0. The first-order valence-electron chi connectivity index (χ1n) is 7.06. The van der Waals surface area contributed by atoms with E-state index in [4.69, 9.17) is 5.73 Å². The third-order valence-electron chi connectivity index (χ3n) is 3.39. The molecule has 120 valence electrons. The second-order valence-corrected chi connectivity index (χ2v) is 5.08. The summed E-state index contributed by atoms with van der Waals surface area (Å²) in [7, 11) is 0. The van der Waals surface area contributed by atoms with Crippen LogP contribution in [0.15, 0.2) is 48.5 Å². The first kappa shape index (κ1) is 16.6. The van der Waals surface area contributed by atoms with Gasteiger partial charge in [0.1, 0.15) is 17.7 Å². The van der Waals surface area contributed by atoms with Gasteiger partial charge in [-0.2, -0.15) is 0 Å². The SMILES string of the molecule is NC(=O)[C@H](CCc1ccccc1)NC(=O)c1ccc(F)cc1F. The van der Waals surface area contributed by atoms with E-state index in [0.29, 0.717) is 12.5 Å². The Labute approximate surface area is 132 Å². The monoisotopic (exact) mass is 318 g/mol. The van der Waals surface area contributed by atoms with Crippen molar-refractivity contribution in [3.63, 3.8) is 0 Å². The van der Waals surface area contributed by atoms with Crippen molar-refractivity contribution in [3.8, 4) is 0 Å². The average molecular weight is 318 g/mol. The van der Waals surface area contributed by atoms with E-state index in [9.17, 15) is 18.4 Å². The highest BCUT2D eigenvalue weighted by Gasteiger charge is 2.21. The normalized spacial score (nSPS) is 11.7. The predicted molar refractivity (Wildman–Crippen MR) is 81.6 cm³/mol. The van der Waals surface area contributed by atoms with Crippen molar-refractivity contribution < 1.29 is 18.4 Å². The van der Waals surface area contributed by atoms with E-state index in [1.165, 1.54) is 0 Å². The average Bonchev–Trinajstić information content (AvgIpc) is 2.51. The highest BCUT2D eigenvalue weighted by molar-refractivity contribution is 5.97. The molecule has 0 bridgehead atoms. The van der Waals surface area contributed by atoms with Crippen molar-refractivity contribution in [2.75, 3.05) is 0 Å². The lowest BCUT2D eigenvalue weighted by atomic mass is 10.0. The Morgan fingerprint density at radius 3 is 2.39 bits per heavy atom. The summed E-state index contributed by atoms with van der Waals surface area (Å²) in [5, 5.41) is 2.39. The fraction of sp³-hybridized carbons (Fsp3) is 0.176. The van der Waals surface area contributed by atoms with E-state index in [-0.39, 0.29) is 12.0 Å². The van der Waals surface area contributed by atoms with Crippen LogP contribution in [0.5, 0.6) is 0 Å². The highest BCUT2D eigenvalue weighted by atomic mass is 19.1. The van der Waals surface area contributed by atoms with E-state index in [0.717, 1.165) is 17.7 Å². The summed E-state index contributed by atoms with van der Waals surface area (Å²) in [6.07, 6.45) is 0.814. The van der Waals surface area contributed by atoms with Crippen LogP contribution in [0.2, 0.25) is 0 Å². The lowest BCUT2D eigenvalue weighted by Crippen LogP contribution is -2.45. The Morgan fingerprint density at radius 2 is 1.78 bits per heavy atom. The molecule has 0 saturated heterocycles. The zero-order valence-corrected chi connectivity index (χ0v) is 12.3. The minimum atomic E-state index is -0.992. The third-order valence-corrected chi connectivity index (χ3v) is 3.39. The Bertz CT molecular complexity index is 705. The van der Waals surface area contributed by atoms with Gasteiger partial charge in [0.05, 0.1) is 5.56 Å². The second kappa shape index (κ2) is 7.49. The fourth-order valence-electron chi connectivity index (χ4n) is 2.15. The summed E-state index contributed by atoms with van der Waals surface area (Å²) >= 11 is 0. The molecular formula is C17H16F2N2O2. The summed E-state index contributed by atoms with van der Waals surface area (Å²) < 4.78 is 26.5. The van der Waals surface area contributed by atoms with Gasteiger partial charge in [-0.05, 0) is 30.5 Å². The van der Waals surface area contributed by atoms with Crippen molar-refractivity contribution >= 4 is 11.8 Å². The molecule has 0 aliphatic heterocycles. The summed E-state index contributed by atoms with van der Waals surface area (Å²) in [6.45, 7) is 0. The molecule has 3 N–H and O–H groups in total. The summed E-state index contributed by atoms with van der Waals surface area (Å²) in [5.41, 5.74) is 5.93. The Balaban J connectivity index is 2.04. The van der Waals surface area contributed by atoms with E-state index in [1.54, 1.807) is 0 Å². The molecule has 0 spiro atoms. The van der Waals surface area contributed by atoms with Crippen molar-refractivity contribution in [2.24, 2.45) is 5.73 Å². The van der Waals surface area contributed by atoms with Gasteiger partial charge in [-0.25, -0.2) is 8.78 Å². The van der Waals surface area contributed by atoms with Crippen LogP contribution in [0.25, 0.3) is 0 Å². The van der Waals surface area contributed by atoms with Gasteiger partial charge in [-0.3, -0.25) is 9.59 Å². The lowest BCUT2D eigenvalue weighted by molar-refractivity contribution is -0.120. The molecule has 6 heteroatoms. The zero-order valence-electron chi connectivity index (χ0n) is 12.3. The summed E-state index contributed by atoms with van der Waals surface area (Å²) in [4.78, 5) is 23.5. The number of hydrogen-bond acceptors (Lipinski definition) is 2. The molecule has 4 nitrogen and oxygen atoms in total. The minimum absolute atomic E-state index is 0.286. The number of amides is 2. The van der Waals surface area contributed by atoms with Gasteiger partial charge in [0.25, 0.3) is 5.91 Å². The number of halogens is 2. The smallest absolute Gasteiger partial charge is 0.254 e. The molecule has 0 saturated carbocycles. The highest BCUT2D eigenvalue weighted by Crippen LogP contribution is 2.11. The van der Waals surface area contributed by atoms with Crippen molar-refractivity contribution in [1.82, 2.24) is 5.32 Å². The van der Waals surface area contributed by atoms with Crippen molar-refractivity contribution in [1.29, 1.82) is 0 Å². The van der Waals surface area contributed by atoms with Crippen LogP contribution in [-0.2, 0) is 11.2 Å². The number of carbonyl (C=O) groups excluding carboxylic acids is 2. The maximum Gasteiger partial charge on any atom is 0.254 e. The fourth-order valence-corrected chi connectivity index (χ4v) is 2.15. The summed E-state index contributed by atoms with van der Waals surface area (Å²) in [6, 6.07) is 11.0. The minimum Gasteiger partial charge on any atom is -0.368 e. The number of carbonyl (C=O) groups is 2. The molecule has 2 aromatic carbocycles. The maximum atomic E-state index is 13.6. The van der Waals surface area contributed by atoms with E-state index < -0.39 is 29.5 Å². The molecule has 0 aromatic heterocycles. The molecule has 0 radical (unpaired) electrons. The van der Waals surface area contributed by atoms with Gasteiger partial charge in [-0.15, -0.1) is 0 Å². The molecule has 0 heterocycles. The van der Waals surface area contributed by atoms with Crippen LogP contribution in [0.1, 0.15) is 22.3 Å². The molecule has 0 aliphatic rings. The quantitative estimate of drug-likeness (QED) is 0.857. The molecular weight excluding hydrogens is 302 g/mol. The maximum absolute atomic E-state index is 13.6. The Hall–Kier alpha value is -2.76. The third kappa shape index (κ3) is 4.60. The number of nitrogens with one attached hydrogen (secondary N) is 1. The second-order valence-electron chi connectivity index (χ2n) is 5.08. The number of primary amides is 1. The number of nitrogens with two attached hydrogens (primary N) is 1. The van der Waals surface area contributed by atoms with Gasteiger partial charge in [0, 0.05) is 6.07 Å². The largest absolute Gasteiger partial charge is 0.368 e. The van der Waals surface area contributed by atoms with Gasteiger partial charge < -0.3 is 11.1 Å². The standard InChI is InChI=1S/C17H16F2N2O2/c18-12-7-8-13(14(19)10-12)17(23)21-15(16(20)22)9-6-11-4-2-1-3-5-11/h1-5,7-8,10,15H,6,9H2,(H2,20,22)(H,21,23)/t15-/m0/s1. The lowest BCUT2D eigenvalue weighted by Gasteiger charge is -2.16. The molecule has 0 aliphatic carbocycles. The van der Waals surface area contributed by atoms with Gasteiger partial charge in [0.2, 0.25) is 5.91 Å². The van der Waals surface area contributed by atoms with E-state index in [2.05, 4.69) is 5.32 Å². The van der Waals surface area contributed by atoms with Gasteiger partial charge in [-0.1, -0.05) is 30.3 Å². The molecule has 2 aromatic rings. The van der Waals surface area contributed by atoms with Crippen LogP contribution < -0.4 is 11.1 Å². The van der Waals surface area contributed by atoms with Crippen molar-refractivity contribution in [2.45, 2.75) is 18.9 Å². The van der Waals surface area contributed by atoms with Crippen LogP contribution in [-0.4, -0.2) is 17.9 Å². The van der Waals surface area contributed by atoms with Gasteiger partial charge >= 0.3 is 0 Å². The molecule has 2 amide bonds. The van der Waals surface area contributed by atoms with Gasteiger partial charge in [0.15, 0.2) is 0 Å². The van der Waals surface area contributed by atoms with E-state index in [1.807, 2.05) is 30.3 Å². The number of aryl methyl sites for hydroxylation is 1. The molecule has 2 rings (SSSR count). The van der Waals surface area contributed by atoms with Crippen LogP contribution in [0, 0.1) is 11.6 Å². The molecule has 1 atom stereocenters. The zero-order chi connectivity index (χ0) is 16.8. The molecule has 0 fully saturated rings. The Kier molecular flexibility index (Phi) is 5.41. The first-order valence-corrected chi connectivity index (χ1v) is 7.06. The van der Waals surface area contributed by atoms with Crippen LogP contribution in [0.4, 0.5) is 8.78 Å². The van der Waals surface area contributed by atoms with Crippen LogP contribution in [0.3, 0.4) is 0 Å². The molecule has 23 heavy (non-hydrogen) atoms. The van der Waals surface area contributed by atoms with Crippen LogP contribution >= 0.6 is 0 Å². The van der Waals surface area contributed by atoms with Crippen molar-refractivity contribution in [3.05, 3.63) is 71.3 Å².